The molecule has 1 fully saturated rings. The van der Waals surface area contributed by atoms with Crippen molar-refractivity contribution in [3.05, 3.63) is 52.5 Å². The smallest absolute Gasteiger partial charge is 0.340 e. The van der Waals surface area contributed by atoms with Gasteiger partial charge in [-0.1, -0.05) is 57.0 Å². The minimum Gasteiger partial charge on any atom is -0.492 e. The van der Waals surface area contributed by atoms with Crippen molar-refractivity contribution in [3.63, 3.8) is 0 Å². The largest absolute Gasteiger partial charge is 0.492 e. The number of hydrogen-bond donors (Lipinski definition) is 0. The summed E-state index contributed by atoms with van der Waals surface area (Å²) < 4.78 is 26.0. The molecule has 1 atom stereocenters. The van der Waals surface area contributed by atoms with Crippen molar-refractivity contribution >= 4 is 21.9 Å². The van der Waals surface area contributed by atoms with E-state index in [9.17, 15) is 9.18 Å². The lowest BCUT2D eigenvalue weighted by atomic mass is 9.83. The van der Waals surface area contributed by atoms with Gasteiger partial charge in [0.15, 0.2) is 6.17 Å². The number of carbonyl (C=O) groups excluding carboxylic acids is 1. The highest BCUT2D eigenvalue weighted by Gasteiger charge is 2.27. The number of esters is 1. The van der Waals surface area contributed by atoms with Crippen LogP contribution in [0, 0.1) is 5.92 Å². The van der Waals surface area contributed by atoms with E-state index in [1.54, 1.807) is 0 Å². The number of rotatable bonds is 12. The highest BCUT2D eigenvalue weighted by molar-refractivity contribution is 9.10. The van der Waals surface area contributed by atoms with Crippen LogP contribution in [-0.2, 0) is 16.0 Å². The van der Waals surface area contributed by atoms with Crippen molar-refractivity contribution in [3.8, 4) is 16.9 Å². The summed E-state index contributed by atoms with van der Waals surface area (Å²) in [7, 11) is 0. The molecule has 0 unspecified atom stereocenters. The molecule has 0 spiro atoms. The number of halogens is 2. The molecule has 0 N–H and O–H groups in total. The highest BCUT2D eigenvalue weighted by atomic mass is 79.9. The molecular weight excluding hydrogens is 495 g/mol. The van der Waals surface area contributed by atoms with E-state index in [-0.39, 0.29) is 12.5 Å². The van der Waals surface area contributed by atoms with E-state index in [4.69, 9.17) is 9.47 Å². The van der Waals surface area contributed by atoms with Crippen molar-refractivity contribution in [2.75, 3.05) is 6.61 Å². The Kier molecular flexibility index (Phi) is 10.9. The molecule has 5 heteroatoms. The van der Waals surface area contributed by atoms with Crippen molar-refractivity contribution in [1.29, 1.82) is 0 Å². The van der Waals surface area contributed by atoms with Crippen LogP contribution in [0.2, 0.25) is 0 Å². The number of carbonyl (C=O) groups is 1. The Labute approximate surface area is 212 Å². The first-order valence-corrected chi connectivity index (χ1v) is 13.7. The van der Waals surface area contributed by atoms with E-state index in [1.165, 1.54) is 16.7 Å². The van der Waals surface area contributed by atoms with Crippen molar-refractivity contribution in [2.45, 2.75) is 90.3 Å². The molecule has 2 aromatic carbocycles. The Balaban J connectivity index is 1.42. The number of benzene rings is 2. The minimum absolute atomic E-state index is 0.110. The fraction of sp³-hybridized carbons (Fsp3) is 0.552. The van der Waals surface area contributed by atoms with Crippen molar-refractivity contribution in [1.82, 2.24) is 0 Å². The second-order valence-electron chi connectivity index (χ2n) is 9.42. The average molecular weight is 534 g/mol. The molecule has 1 aliphatic carbocycles. The summed E-state index contributed by atoms with van der Waals surface area (Å²) >= 11 is 3.62. The zero-order chi connectivity index (χ0) is 24.3. The van der Waals surface area contributed by atoms with E-state index in [0.29, 0.717) is 5.92 Å². The maximum atomic E-state index is 13.9. The van der Waals surface area contributed by atoms with Crippen LogP contribution in [0.3, 0.4) is 0 Å². The summed E-state index contributed by atoms with van der Waals surface area (Å²) in [5.74, 6) is 0.863. The Hall–Kier alpha value is -1.88. The molecular formula is C29H38BrFO3. The standard InChI is InChI=1S/C29H38BrFO3/c1-3-5-6-27(31)29(32)34-25-16-11-22(12-17-25)8-7-21-9-13-23(14-10-21)24-15-18-28(26(30)20-24)33-19-4-2/h9-10,13-15,18,20,22,25,27H,3-8,11-12,16-17,19H2,1-2H3/t22?,25?,27-/m0/s1. The average Bonchev–Trinajstić information content (AvgIpc) is 2.86. The van der Waals surface area contributed by atoms with Gasteiger partial charge in [-0.3, -0.25) is 0 Å². The summed E-state index contributed by atoms with van der Waals surface area (Å²) in [6.07, 6.45) is 7.28. The summed E-state index contributed by atoms with van der Waals surface area (Å²) in [6, 6.07) is 15.0. The molecule has 0 aromatic heterocycles. The van der Waals surface area contributed by atoms with Gasteiger partial charge < -0.3 is 9.47 Å². The molecule has 2 aromatic rings. The summed E-state index contributed by atoms with van der Waals surface area (Å²) in [4.78, 5) is 11.9. The summed E-state index contributed by atoms with van der Waals surface area (Å²) in [5, 5.41) is 0. The Morgan fingerprint density at radius 3 is 2.38 bits per heavy atom. The van der Waals surface area contributed by atoms with Crippen molar-refractivity contribution < 1.29 is 18.7 Å². The van der Waals surface area contributed by atoms with Crippen LogP contribution in [0.4, 0.5) is 4.39 Å². The monoisotopic (exact) mass is 532 g/mol. The minimum atomic E-state index is -1.46. The first kappa shape index (κ1) is 26.7. The van der Waals surface area contributed by atoms with Gasteiger partial charge in [-0.05, 0) is 102 Å². The second kappa shape index (κ2) is 13.9. The Morgan fingerprint density at radius 2 is 1.74 bits per heavy atom. The molecule has 0 aliphatic heterocycles. The molecule has 3 rings (SSSR count). The molecule has 1 aliphatic rings. The zero-order valence-electron chi connectivity index (χ0n) is 20.5. The van der Waals surface area contributed by atoms with Crippen LogP contribution in [0.1, 0.15) is 77.2 Å². The number of ether oxygens (including phenoxy) is 2. The number of alkyl halides is 1. The van der Waals surface area contributed by atoms with Crippen molar-refractivity contribution in [2.24, 2.45) is 5.92 Å². The van der Waals surface area contributed by atoms with E-state index < -0.39 is 12.1 Å². The van der Waals surface area contributed by atoms with Crippen LogP contribution in [0.15, 0.2) is 46.9 Å². The SMILES string of the molecule is CCCC[C@H](F)C(=O)OC1CCC(CCc2ccc(-c3ccc(OCCC)c(Br)c3)cc2)CC1. The summed E-state index contributed by atoms with van der Waals surface area (Å²) in [5.41, 5.74) is 3.70. The van der Waals surface area contributed by atoms with Crippen LogP contribution in [-0.4, -0.2) is 24.9 Å². The highest BCUT2D eigenvalue weighted by Crippen LogP contribution is 2.32. The van der Waals surface area contributed by atoms with E-state index in [1.807, 2.05) is 13.0 Å². The van der Waals surface area contributed by atoms with Gasteiger partial charge in [0.2, 0.25) is 0 Å². The van der Waals surface area contributed by atoms with Gasteiger partial charge in [0, 0.05) is 0 Å². The number of hydrogen-bond acceptors (Lipinski definition) is 3. The molecule has 186 valence electrons. The molecule has 3 nitrogen and oxygen atoms in total. The third-order valence-electron chi connectivity index (χ3n) is 6.67. The maximum Gasteiger partial charge on any atom is 0.340 e. The molecule has 0 bridgehead atoms. The number of aryl methyl sites for hydroxylation is 1. The van der Waals surface area contributed by atoms with Crippen LogP contribution < -0.4 is 4.74 Å². The molecule has 0 radical (unpaired) electrons. The first-order valence-electron chi connectivity index (χ1n) is 12.9. The fourth-order valence-electron chi connectivity index (χ4n) is 4.52. The van der Waals surface area contributed by atoms with Crippen LogP contribution in [0.25, 0.3) is 11.1 Å². The zero-order valence-corrected chi connectivity index (χ0v) is 22.1. The predicted molar refractivity (Wildman–Crippen MR) is 140 cm³/mol. The second-order valence-corrected chi connectivity index (χ2v) is 10.3. The topological polar surface area (TPSA) is 35.5 Å². The molecule has 0 amide bonds. The number of unbranched alkanes of at least 4 members (excludes halogenated alkanes) is 1. The van der Waals surface area contributed by atoms with E-state index in [2.05, 4.69) is 59.3 Å². The fourth-order valence-corrected chi connectivity index (χ4v) is 5.02. The van der Waals surface area contributed by atoms with Gasteiger partial charge in [0.1, 0.15) is 11.9 Å². The third-order valence-corrected chi connectivity index (χ3v) is 7.29. The molecule has 1 saturated carbocycles. The van der Waals surface area contributed by atoms with Gasteiger partial charge >= 0.3 is 5.97 Å². The first-order chi connectivity index (χ1) is 16.5. The van der Waals surface area contributed by atoms with Gasteiger partial charge in [0.25, 0.3) is 0 Å². The lowest BCUT2D eigenvalue weighted by Gasteiger charge is -2.28. The van der Waals surface area contributed by atoms with Crippen LogP contribution >= 0.6 is 15.9 Å². The lowest BCUT2D eigenvalue weighted by molar-refractivity contribution is -0.157. The van der Waals surface area contributed by atoms with Gasteiger partial charge in [-0.2, -0.15) is 0 Å². The molecule has 34 heavy (non-hydrogen) atoms. The predicted octanol–water partition coefficient (Wildman–Crippen LogP) is 8.47. The Bertz CT molecular complexity index is 891. The van der Waals surface area contributed by atoms with E-state index >= 15 is 0 Å². The molecule has 0 saturated heterocycles. The van der Waals surface area contributed by atoms with Crippen LogP contribution in [0.5, 0.6) is 5.75 Å². The van der Waals surface area contributed by atoms with Gasteiger partial charge in [-0.25, -0.2) is 9.18 Å². The quantitative estimate of drug-likeness (QED) is 0.257. The third kappa shape index (κ3) is 8.11. The van der Waals surface area contributed by atoms with Gasteiger partial charge in [0.05, 0.1) is 11.1 Å². The normalized spacial score (nSPS) is 18.9. The maximum absolute atomic E-state index is 13.9. The summed E-state index contributed by atoms with van der Waals surface area (Å²) in [6.45, 7) is 4.82. The Morgan fingerprint density at radius 1 is 1.03 bits per heavy atom. The van der Waals surface area contributed by atoms with E-state index in [0.717, 1.165) is 74.6 Å². The lowest BCUT2D eigenvalue weighted by Crippen LogP contribution is -2.29. The molecule has 0 heterocycles. The van der Waals surface area contributed by atoms with Gasteiger partial charge in [-0.15, -0.1) is 0 Å².